The summed E-state index contributed by atoms with van der Waals surface area (Å²) in [7, 11) is 0. The minimum Gasteiger partial charge on any atom is -0.436 e. The van der Waals surface area contributed by atoms with Crippen LogP contribution in [-0.2, 0) is 0 Å². The molecule has 0 bridgehead atoms. The van der Waals surface area contributed by atoms with Gasteiger partial charge in [-0.2, -0.15) is 0 Å². The highest BCUT2D eigenvalue weighted by molar-refractivity contribution is 5.92. The van der Waals surface area contributed by atoms with Crippen molar-refractivity contribution in [2.45, 2.75) is 0 Å². The molecule has 2 heterocycles. The monoisotopic (exact) mass is 551 g/mol. The van der Waals surface area contributed by atoms with Crippen LogP contribution in [0.25, 0.3) is 78.4 Å². The Morgan fingerprint density at radius 1 is 0.372 bits per heavy atom. The summed E-state index contributed by atoms with van der Waals surface area (Å²) < 4.78 is 6.02. The van der Waals surface area contributed by atoms with Crippen molar-refractivity contribution in [3.63, 3.8) is 0 Å². The number of aromatic nitrogens is 3. The third-order valence-electron chi connectivity index (χ3n) is 7.71. The molecule has 0 N–H and O–H groups in total. The molecule has 0 aliphatic rings. The van der Waals surface area contributed by atoms with E-state index in [0.717, 1.165) is 66.6 Å². The molecule has 202 valence electrons. The SMILES string of the molecule is c1ccc(-c2cc(-c3ccccc3)nc(-c3ccc4cc(-c5ccc6oc(-c7ccccc7)nc6c5)ccc4c3)n2)cc1. The zero-order valence-electron chi connectivity index (χ0n) is 23.2. The molecule has 0 spiro atoms. The lowest BCUT2D eigenvalue weighted by Crippen LogP contribution is -1.96. The molecule has 0 amide bonds. The minimum absolute atomic E-state index is 0.632. The maximum Gasteiger partial charge on any atom is 0.227 e. The predicted octanol–water partition coefficient (Wildman–Crippen LogP) is 10.1. The summed E-state index contributed by atoms with van der Waals surface area (Å²) >= 11 is 0. The molecule has 4 nitrogen and oxygen atoms in total. The molecule has 0 saturated carbocycles. The van der Waals surface area contributed by atoms with E-state index in [0.29, 0.717) is 11.7 Å². The molecular weight excluding hydrogens is 526 g/mol. The van der Waals surface area contributed by atoms with Crippen LogP contribution in [0.5, 0.6) is 0 Å². The first-order valence-electron chi connectivity index (χ1n) is 14.3. The summed E-state index contributed by atoms with van der Waals surface area (Å²) in [6, 6.07) is 51.7. The van der Waals surface area contributed by atoms with Gasteiger partial charge >= 0.3 is 0 Å². The van der Waals surface area contributed by atoms with Gasteiger partial charge in [-0.15, -0.1) is 0 Å². The topological polar surface area (TPSA) is 51.8 Å². The summed E-state index contributed by atoms with van der Waals surface area (Å²) in [5.74, 6) is 1.34. The predicted molar refractivity (Wildman–Crippen MR) is 174 cm³/mol. The second-order valence-corrected chi connectivity index (χ2v) is 10.5. The quantitative estimate of drug-likeness (QED) is 0.214. The van der Waals surface area contributed by atoms with E-state index in [1.54, 1.807) is 0 Å². The fourth-order valence-electron chi connectivity index (χ4n) is 5.47. The van der Waals surface area contributed by atoms with Crippen molar-refractivity contribution in [1.82, 2.24) is 15.0 Å². The molecule has 8 aromatic rings. The van der Waals surface area contributed by atoms with E-state index >= 15 is 0 Å². The molecule has 2 aromatic heterocycles. The Hall–Kier alpha value is -5.87. The van der Waals surface area contributed by atoms with Crippen LogP contribution < -0.4 is 0 Å². The van der Waals surface area contributed by atoms with Gasteiger partial charge in [-0.1, -0.05) is 109 Å². The first-order valence-corrected chi connectivity index (χ1v) is 14.3. The van der Waals surface area contributed by atoms with Crippen molar-refractivity contribution >= 4 is 21.9 Å². The van der Waals surface area contributed by atoms with Gasteiger partial charge in [-0.05, 0) is 64.4 Å². The number of hydrogen-bond acceptors (Lipinski definition) is 4. The third kappa shape index (κ3) is 4.85. The molecule has 0 fully saturated rings. The van der Waals surface area contributed by atoms with E-state index in [9.17, 15) is 0 Å². The van der Waals surface area contributed by atoms with Crippen LogP contribution in [0, 0.1) is 0 Å². The highest BCUT2D eigenvalue weighted by Gasteiger charge is 2.13. The van der Waals surface area contributed by atoms with Gasteiger partial charge < -0.3 is 4.42 Å². The molecule has 0 aliphatic heterocycles. The molecule has 0 unspecified atom stereocenters. The minimum atomic E-state index is 0.632. The van der Waals surface area contributed by atoms with Crippen molar-refractivity contribution in [2.75, 3.05) is 0 Å². The number of nitrogens with zero attached hydrogens (tertiary/aromatic N) is 3. The van der Waals surface area contributed by atoms with E-state index < -0.39 is 0 Å². The molecule has 0 radical (unpaired) electrons. The largest absolute Gasteiger partial charge is 0.436 e. The Bertz CT molecular complexity index is 2170. The molecule has 0 atom stereocenters. The molecule has 0 aliphatic carbocycles. The Morgan fingerprint density at radius 3 is 1.51 bits per heavy atom. The van der Waals surface area contributed by atoms with Crippen molar-refractivity contribution in [2.24, 2.45) is 0 Å². The van der Waals surface area contributed by atoms with Gasteiger partial charge in [0.2, 0.25) is 5.89 Å². The van der Waals surface area contributed by atoms with Crippen LogP contribution in [-0.4, -0.2) is 15.0 Å². The molecule has 43 heavy (non-hydrogen) atoms. The van der Waals surface area contributed by atoms with Gasteiger partial charge in [0.05, 0.1) is 11.4 Å². The molecule has 6 aromatic carbocycles. The average molecular weight is 552 g/mol. The molecule has 8 rings (SSSR count). The van der Waals surface area contributed by atoms with E-state index in [-0.39, 0.29) is 0 Å². The number of oxazole rings is 1. The van der Waals surface area contributed by atoms with Crippen LogP contribution >= 0.6 is 0 Å². The summed E-state index contributed by atoms with van der Waals surface area (Å²) in [5.41, 5.74) is 9.72. The van der Waals surface area contributed by atoms with Crippen molar-refractivity contribution < 1.29 is 4.42 Å². The smallest absolute Gasteiger partial charge is 0.227 e. The fourth-order valence-corrected chi connectivity index (χ4v) is 5.47. The first-order chi connectivity index (χ1) is 21.3. The zero-order valence-corrected chi connectivity index (χ0v) is 23.2. The Balaban J connectivity index is 1.16. The summed E-state index contributed by atoms with van der Waals surface area (Å²) in [4.78, 5) is 14.7. The Kier molecular flexibility index (Phi) is 6.08. The molecular formula is C39H25N3O. The summed E-state index contributed by atoms with van der Waals surface area (Å²) in [5, 5.41) is 2.28. The standard InChI is InChI=1S/C39H25N3O/c1-4-10-26(11-5-1)34-25-35(27-12-6-2-7-13-27)41-38(40-34)33-19-18-29-22-30(16-17-31(29)23-33)32-20-21-37-36(24-32)42-39(43-37)28-14-8-3-9-15-28/h1-25H. The second-order valence-electron chi connectivity index (χ2n) is 10.5. The second kappa shape index (κ2) is 10.5. The van der Waals surface area contributed by atoms with Gasteiger partial charge in [0.15, 0.2) is 11.4 Å². The van der Waals surface area contributed by atoms with Crippen LogP contribution in [0.3, 0.4) is 0 Å². The van der Waals surface area contributed by atoms with Gasteiger partial charge in [-0.3, -0.25) is 0 Å². The zero-order chi connectivity index (χ0) is 28.6. The Labute approximate surface area is 249 Å². The van der Waals surface area contributed by atoms with Crippen molar-refractivity contribution in [1.29, 1.82) is 0 Å². The third-order valence-corrected chi connectivity index (χ3v) is 7.71. The van der Waals surface area contributed by atoms with Crippen LogP contribution in [0.15, 0.2) is 156 Å². The van der Waals surface area contributed by atoms with Gasteiger partial charge in [0.25, 0.3) is 0 Å². The number of fused-ring (bicyclic) bond motifs is 2. The van der Waals surface area contributed by atoms with Crippen molar-refractivity contribution in [3.05, 3.63) is 152 Å². The van der Waals surface area contributed by atoms with E-state index in [2.05, 4.69) is 78.9 Å². The van der Waals surface area contributed by atoms with Crippen LogP contribution in [0.2, 0.25) is 0 Å². The van der Waals surface area contributed by atoms with Crippen LogP contribution in [0.4, 0.5) is 0 Å². The lowest BCUT2D eigenvalue weighted by Gasteiger charge is -2.10. The maximum absolute atomic E-state index is 6.02. The Morgan fingerprint density at radius 2 is 0.884 bits per heavy atom. The van der Waals surface area contributed by atoms with Gasteiger partial charge in [0, 0.05) is 22.3 Å². The summed E-state index contributed by atoms with van der Waals surface area (Å²) in [6.45, 7) is 0. The van der Waals surface area contributed by atoms with Crippen molar-refractivity contribution in [3.8, 4) is 56.5 Å². The van der Waals surface area contributed by atoms with E-state index in [1.165, 1.54) is 0 Å². The van der Waals surface area contributed by atoms with Crippen LogP contribution in [0.1, 0.15) is 0 Å². The average Bonchev–Trinajstić information content (AvgIpc) is 3.53. The lowest BCUT2D eigenvalue weighted by molar-refractivity contribution is 0.620. The van der Waals surface area contributed by atoms with Gasteiger partial charge in [-0.25, -0.2) is 15.0 Å². The van der Waals surface area contributed by atoms with E-state index in [1.807, 2.05) is 72.8 Å². The number of rotatable bonds is 5. The number of benzene rings is 6. The fraction of sp³-hybridized carbons (Fsp3) is 0. The number of hydrogen-bond donors (Lipinski definition) is 0. The molecule has 4 heteroatoms. The first kappa shape index (κ1) is 24.9. The normalized spacial score (nSPS) is 11.3. The summed E-state index contributed by atoms with van der Waals surface area (Å²) in [6.07, 6.45) is 0. The highest BCUT2D eigenvalue weighted by Crippen LogP contribution is 2.32. The maximum atomic E-state index is 6.02. The lowest BCUT2D eigenvalue weighted by atomic mass is 9.99. The molecule has 0 saturated heterocycles. The van der Waals surface area contributed by atoms with Gasteiger partial charge in [0.1, 0.15) is 5.52 Å². The highest BCUT2D eigenvalue weighted by atomic mass is 16.3. The van der Waals surface area contributed by atoms with E-state index in [4.69, 9.17) is 19.4 Å².